The molecule has 0 fully saturated rings. The molecule has 0 aliphatic carbocycles. The lowest BCUT2D eigenvalue weighted by Gasteiger charge is -2.24. The van der Waals surface area contributed by atoms with Crippen molar-refractivity contribution in [2.24, 2.45) is 4.99 Å². The van der Waals surface area contributed by atoms with E-state index in [1.165, 1.54) is 4.57 Å². The lowest BCUT2D eigenvalue weighted by molar-refractivity contribution is -0.139. The molecule has 1 N–H and O–H groups in total. The standard InChI is InChI=1S/C24H18ClN3O4S/c1-3-32-23(31)17-12(2)26-24-28(19(17)13-7-5-4-6-8-13)22(30)20(33-24)18-15-11-14(25)9-10-16(15)27-21(18)29/h4-11,19H,3H2,1-2H3,(H,27,29)/b20-18-/t19-/m1/s1. The van der Waals surface area contributed by atoms with Crippen molar-refractivity contribution >= 4 is 46.1 Å². The SMILES string of the molecule is CCOC(=O)C1=C(C)N=c2s/c(=C3\C(=O)Nc4ccc(Cl)cc43)c(=O)n2[C@@H]1c1ccccc1. The quantitative estimate of drug-likeness (QED) is 0.585. The Morgan fingerprint density at radius 3 is 2.70 bits per heavy atom. The number of carbonyl (C=O) groups is 2. The van der Waals surface area contributed by atoms with Crippen molar-refractivity contribution in [1.82, 2.24) is 4.57 Å². The second kappa shape index (κ2) is 8.13. The number of esters is 1. The average Bonchev–Trinajstić information content (AvgIpc) is 3.28. The average molecular weight is 480 g/mol. The van der Waals surface area contributed by atoms with E-state index in [1.807, 2.05) is 30.3 Å². The van der Waals surface area contributed by atoms with Gasteiger partial charge in [-0.2, -0.15) is 0 Å². The van der Waals surface area contributed by atoms with E-state index in [1.54, 1.807) is 32.0 Å². The molecule has 0 radical (unpaired) electrons. The maximum atomic E-state index is 13.8. The molecule has 3 aromatic rings. The highest BCUT2D eigenvalue weighted by Crippen LogP contribution is 2.33. The van der Waals surface area contributed by atoms with E-state index in [2.05, 4.69) is 10.3 Å². The molecule has 1 amide bonds. The van der Waals surface area contributed by atoms with Crippen LogP contribution >= 0.6 is 22.9 Å². The highest BCUT2D eigenvalue weighted by Gasteiger charge is 2.35. The fourth-order valence-corrected chi connectivity index (χ4v) is 5.47. The van der Waals surface area contributed by atoms with E-state index in [9.17, 15) is 14.4 Å². The maximum Gasteiger partial charge on any atom is 0.338 e. The summed E-state index contributed by atoms with van der Waals surface area (Å²) in [5.74, 6) is -0.906. The highest BCUT2D eigenvalue weighted by atomic mass is 35.5. The zero-order chi connectivity index (χ0) is 23.3. The molecule has 3 heterocycles. The number of allylic oxidation sites excluding steroid dienone is 1. The zero-order valence-electron chi connectivity index (χ0n) is 17.7. The van der Waals surface area contributed by atoms with Gasteiger partial charge in [-0.15, -0.1) is 0 Å². The van der Waals surface area contributed by atoms with Gasteiger partial charge in [0.25, 0.3) is 11.5 Å². The number of aromatic nitrogens is 1. The lowest BCUT2D eigenvalue weighted by Crippen LogP contribution is -2.40. The molecule has 166 valence electrons. The summed E-state index contributed by atoms with van der Waals surface area (Å²) in [6.07, 6.45) is 0. The molecular formula is C24H18ClN3O4S. The molecule has 5 rings (SSSR count). The van der Waals surface area contributed by atoms with Gasteiger partial charge in [-0.3, -0.25) is 14.2 Å². The third-order valence-corrected chi connectivity index (χ3v) is 6.85. The Balaban J connectivity index is 1.83. The number of rotatable bonds is 3. The summed E-state index contributed by atoms with van der Waals surface area (Å²) in [6.45, 7) is 3.65. The van der Waals surface area contributed by atoms with Crippen LogP contribution in [0.25, 0.3) is 5.57 Å². The smallest absolute Gasteiger partial charge is 0.338 e. The number of halogens is 1. The Morgan fingerprint density at radius 2 is 1.97 bits per heavy atom. The molecule has 33 heavy (non-hydrogen) atoms. The van der Waals surface area contributed by atoms with Crippen LogP contribution in [0.4, 0.5) is 5.69 Å². The Morgan fingerprint density at radius 1 is 1.21 bits per heavy atom. The number of carbonyl (C=O) groups excluding carboxylic acids is 2. The van der Waals surface area contributed by atoms with E-state index in [4.69, 9.17) is 16.3 Å². The number of hydrogen-bond donors (Lipinski definition) is 1. The number of fused-ring (bicyclic) bond motifs is 2. The van der Waals surface area contributed by atoms with Crippen LogP contribution in [0.3, 0.4) is 0 Å². The number of anilines is 1. The van der Waals surface area contributed by atoms with E-state index in [0.717, 1.165) is 16.9 Å². The van der Waals surface area contributed by atoms with Gasteiger partial charge in [0.2, 0.25) is 0 Å². The second-order valence-electron chi connectivity index (χ2n) is 7.55. The molecule has 1 aromatic heterocycles. The van der Waals surface area contributed by atoms with Gasteiger partial charge in [-0.1, -0.05) is 53.3 Å². The number of hydrogen-bond acceptors (Lipinski definition) is 6. The van der Waals surface area contributed by atoms with Crippen LogP contribution in [0.15, 0.2) is 69.6 Å². The van der Waals surface area contributed by atoms with Gasteiger partial charge in [0.1, 0.15) is 4.53 Å². The van der Waals surface area contributed by atoms with Crippen LogP contribution in [0.5, 0.6) is 0 Å². The summed E-state index contributed by atoms with van der Waals surface area (Å²) in [7, 11) is 0. The van der Waals surface area contributed by atoms with Crippen molar-refractivity contribution in [2.45, 2.75) is 19.9 Å². The van der Waals surface area contributed by atoms with Crippen molar-refractivity contribution in [3.8, 4) is 0 Å². The fraction of sp³-hybridized carbons (Fsp3) is 0.167. The molecule has 0 unspecified atom stereocenters. The van der Waals surface area contributed by atoms with Crippen LogP contribution in [-0.2, 0) is 14.3 Å². The number of nitrogens with one attached hydrogen (secondary N) is 1. The fourth-order valence-electron chi connectivity index (χ4n) is 4.16. The topological polar surface area (TPSA) is 89.8 Å². The van der Waals surface area contributed by atoms with Crippen molar-refractivity contribution in [2.75, 3.05) is 11.9 Å². The molecule has 0 bridgehead atoms. The Kier molecular flexibility index (Phi) is 5.26. The molecule has 2 aliphatic rings. The molecule has 2 aromatic carbocycles. The minimum Gasteiger partial charge on any atom is -0.463 e. The van der Waals surface area contributed by atoms with E-state index in [-0.39, 0.29) is 22.6 Å². The molecule has 2 aliphatic heterocycles. The van der Waals surface area contributed by atoms with Crippen LogP contribution in [0, 0.1) is 0 Å². The van der Waals surface area contributed by atoms with E-state index in [0.29, 0.717) is 32.3 Å². The minimum atomic E-state index is -0.723. The maximum absolute atomic E-state index is 13.8. The van der Waals surface area contributed by atoms with Gasteiger partial charge in [-0.05, 0) is 37.6 Å². The number of benzene rings is 2. The number of amides is 1. The molecule has 0 saturated heterocycles. The Hall–Kier alpha value is -3.49. The van der Waals surface area contributed by atoms with E-state index < -0.39 is 17.6 Å². The number of thiazole rings is 1. The van der Waals surface area contributed by atoms with Crippen LogP contribution < -0.4 is 20.2 Å². The first-order valence-electron chi connectivity index (χ1n) is 10.3. The lowest BCUT2D eigenvalue weighted by atomic mass is 9.96. The first kappa shape index (κ1) is 21.4. The molecule has 1 atom stereocenters. The first-order valence-corrected chi connectivity index (χ1v) is 11.5. The van der Waals surface area contributed by atoms with Gasteiger partial charge in [0.05, 0.1) is 29.5 Å². The molecule has 7 nitrogen and oxygen atoms in total. The van der Waals surface area contributed by atoms with Crippen molar-refractivity contribution in [3.63, 3.8) is 0 Å². The minimum absolute atomic E-state index is 0.198. The summed E-state index contributed by atoms with van der Waals surface area (Å²) in [5, 5.41) is 3.24. The largest absolute Gasteiger partial charge is 0.463 e. The summed E-state index contributed by atoms with van der Waals surface area (Å²) in [4.78, 5) is 44.4. The highest BCUT2D eigenvalue weighted by molar-refractivity contribution is 7.07. The van der Waals surface area contributed by atoms with E-state index >= 15 is 0 Å². The van der Waals surface area contributed by atoms with Crippen molar-refractivity contribution in [1.29, 1.82) is 0 Å². The van der Waals surface area contributed by atoms with Crippen LogP contribution in [0.1, 0.15) is 31.0 Å². The van der Waals surface area contributed by atoms with Gasteiger partial charge in [0.15, 0.2) is 4.80 Å². The predicted octanol–water partition coefficient (Wildman–Crippen LogP) is 2.77. The zero-order valence-corrected chi connectivity index (χ0v) is 19.3. The summed E-state index contributed by atoms with van der Waals surface area (Å²) in [5.41, 5.74) is 2.52. The monoisotopic (exact) mass is 479 g/mol. The predicted molar refractivity (Wildman–Crippen MR) is 126 cm³/mol. The molecular weight excluding hydrogens is 462 g/mol. The first-order chi connectivity index (χ1) is 15.9. The van der Waals surface area contributed by atoms with Gasteiger partial charge < -0.3 is 10.1 Å². The second-order valence-corrected chi connectivity index (χ2v) is 8.97. The number of nitrogens with zero attached hydrogens (tertiary/aromatic N) is 2. The number of ether oxygens (including phenoxy) is 1. The Bertz CT molecular complexity index is 1540. The van der Waals surface area contributed by atoms with Crippen LogP contribution in [-0.4, -0.2) is 23.1 Å². The summed E-state index contributed by atoms with van der Waals surface area (Å²) >= 11 is 7.28. The Labute approximate surface area is 197 Å². The van der Waals surface area contributed by atoms with Gasteiger partial charge in [0, 0.05) is 16.3 Å². The summed E-state index contributed by atoms with van der Waals surface area (Å²) in [6, 6.07) is 13.6. The molecule has 0 saturated carbocycles. The normalized spacial score (nSPS) is 18.4. The van der Waals surface area contributed by atoms with Crippen LogP contribution in [0.2, 0.25) is 5.02 Å². The van der Waals surface area contributed by atoms with Gasteiger partial charge in [-0.25, -0.2) is 9.79 Å². The molecule has 9 heteroatoms. The third kappa shape index (κ3) is 3.42. The third-order valence-electron chi connectivity index (χ3n) is 5.56. The summed E-state index contributed by atoms with van der Waals surface area (Å²) < 4.78 is 7.00. The van der Waals surface area contributed by atoms with Crippen molar-refractivity contribution < 1.29 is 14.3 Å². The molecule has 0 spiro atoms. The van der Waals surface area contributed by atoms with Crippen molar-refractivity contribution in [3.05, 3.63) is 95.6 Å². The van der Waals surface area contributed by atoms with Gasteiger partial charge >= 0.3 is 5.97 Å².